The Morgan fingerprint density at radius 2 is 1.75 bits per heavy atom. The lowest BCUT2D eigenvalue weighted by atomic mass is 9.73. The lowest BCUT2D eigenvalue weighted by molar-refractivity contribution is -0.0181. The smallest absolute Gasteiger partial charge is 0.275 e. The minimum Gasteiger partial charge on any atom is -0.503 e. The van der Waals surface area contributed by atoms with Gasteiger partial charge in [0.2, 0.25) is 5.43 Å². The van der Waals surface area contributed by atoms with E-state index in [0.29, 0.717) is 24.6 Å². The summed E-state index contributed by atoms with van der Waals surface area (Å²) < 4.78 is 42.1. The molecule has 3 fully saturated rings. The summed E-state index contributed by atoms with van der Waals surface area (Å²) in [7, 11) is 0. The van der Waals surface area contributed by atoms with Crippen LogP contribution in [0.1, 0.15) is 52.1 Å². The van der Waals surface area contributed by atoms with Gasteiger partial charge in [-0.15, -0.1) is 0 Å². The minimum absolute atomic E-state index is 0.0669. The molecule has 32 heavy (non-hydrogen) atoms. The van der Waals surface area contributed by atoms with E-state index in [2.05, 4.69) is 5.32 Å². The molecule has 1 aliphatic carbocycles. The number of hydrogen-bond donors (Lipinski definition) is 2. The molecule has 0 unspecified atom stereocenters. The summed E-state index contributed by atoms with van der Waals surface area (Å²) in [5.74, 6) is -5.33. The Balaban J connectivity index is 1.45. The number of nitrogens with one attached hydrogen (secondary N) is 1. The second kappa shape index (κ2) is 7.39. The minimum atomic E-state index is -1.18. The monoisotopic (exact) mass is 447 g/mol. The first-order valence-corrected chi connectivity index (χ1v) is 10.5. The highest BCUT2D eigenvalue weighted by atomic mass is 19.1. The van der Waals surface area contributed by atoms with Crippen molar-refractivity contribution in [2.45, 2.75) is 50.9 Å². The Morgan fingerprint density at radius 1 is 1.09 bits per heavy atom. The molecule has 0 radical (unpaired) electrons. The Kier molecular flexibility index (Phi) is 4.75. The van der Waals surface area contributed by atoms with Gasteiger partial charge in [-0.3, -0.25) is 14.4 Å². The highest BCUT2D eigenvalue weighted by Crippen LogP contribution is 2.43. The van der Waals surface area contributed by atoms with E-state index in [9.17, 15) is 32.7 Å². The SMILES string of the molecule is O=C(NCc1c(F)cc(F)cc1F)c1cn2c(c(O)c1=O)C(=O)N1[C@H]3CC[C@@H](CC3)[C@H]1C2. The van der Waals surface area contributed by atoms with E-state index < -0.39 is 58.1 Å². The van der Waals surface area contributed by atoms with Crippen molar-refractivity contribution in [2.24, 2.45) is 5.92 Å². The zero-order valence-electron chi connectivity index (χ0n) is 16.9. The van der Waals surface area contributed by atoms with E-state index in [-0.39, 0.29) is 17.8 Å². The van der Waals surface area contributed by atoms with Gasteiger partial charge in [0.05, 0.1) is 6.04 Å². The molecule has 10 heteroatoms. The van der Waals surface area contributed by atoms with Crippen molar-refractivity contribution in [1.82, 2.24) is 14.8 Å². The Hall–Kier alpha value is -3.30. The predicted octanol–water partition coefficient (Wildman–Crippen LogP) is 2.30. The molecule has 1 saturated carbocycles. The van der Waals surface area contributed by atoms with Crippen molar-refractivity contribution < 1.29 is 27.9 Å². The lowest BCUT2D eigenvalue weighted by Gasteiger charge is -2.53. The lowest BCUT2D eigenvalue weighted by Crippen LogP contribution is -2.61. The van der Waals surface area contributed by atoms with E-state index in [1.54, 1.807) is 4.90 Å². The third-order valence-electron chi connectivity index (χ3n) is 6.89. The van der Waals surface area contributed by atoms with Crippen molar-refractivity contribution in [3.63, 3.8) is 0 Å². The molecule has 2 N–H and O–H groups in total. The van der Waals surface area contributed by atoms with Gasteiger partial charge in [0.1, 0.15) is 23.0 Å². The van der Waals surface area contributed by atoms with Crippen LogP contribution in [0.2, 0.25) is 0 Å². The van der Waals surface area contributed by atoms with Crippen LogP contribution in [-0.2, 0) is 13.1 Å². The van der Waals surface area contributed by atoms with Crippen LogP contribution in [0.15, 0.2) is 23.1 Å². The van der Waals surface area contributed by atoms with Gasteiger partial charge in [0.25, 0.3) is 11.8 Å². The number of piperidine rings is 2. The summed E-state index contributed by atoms with van der Waals surface area (Å²) in [5, 5.41) is 12.7. The standard InChI is InChI=1S/C22H20F3N3O4/c23-11-5-15(24)13(16(25)6-11)7-26-21(31)14-8-27-9-17-10-1-3-12(4-2-10)28(17)22(32)18(27)20(30)19(14)29/h5-6,8,10,12,17,30H,1-4,7,9H2,(H,26,31)/t10-,12-,17-/m1/s1. The van der Waals surface area contributed by atoms with Crippen LogP contribution < -0.4 is 10.7 Å². The molecule has 4 heterocycles. The summed E-state index contributed by atoms with van der Waals surface area (Å²) in [4.78, 5) is 40.1. The average molecular weight is 447 g/mol. The molecular formula is C22H20F3N3O4. The summed E-state index contributed by atoms with van der Waals surface area (Å²) in [6.07, 6.45) is 5.01. The molecule has 168 valence electrons. The predicted molar refractivity (Wildman–Crippen MR) is 106 cm³/mol. The molecule has 6 rings (SSSR count). The van der Waals surface area contributed by atoms with Crippen LogP contribution in [0.3, 0.4) is 0 Å². The number of carbonyl (C=O) groups excluding carboxylic acids is 2. The summed E-state index contributed by atoms with van der Waals surface area (Å²) in [5.41, 5.74) is -2.20. The zero-order valence-corrected chi connectivity index (χ0v) is 16.9. The topological polar surface area (TPSA) is 91.6 Å². The molecular weight excluding hydrogens is 427 g/mol. The van der Waals surface area contributed by atoms with E-state index >= 15 is 0 Å². The van der Waals surface area contributed by atoms with E-state index in [1.807, 2.05) is 0 Å². The molecule has 2 amide bonds. The fourth-order valence-corrected chi connectivity index (χ4v) is 5.32. The second-order valence-electron chi connectivity index (χ2n) is 8.60. The summed E-state index contributed by atoms with van der Waals surface area (Å²) in [6.45, 7) is -0.282. The maximum absolute atomic E-state index is 13.8. The molecule has 1 atom stereocenters. The molecule has 2 bridgehead atoms. The first-order chi connectivity index (χ1) is 15.3. The summed E-state index contributed by atoms with van der Waals surface area (Å²) in [6, 6.07) is 0.991. The van der Waals surface area contributed by atoms with Gasteiger partial charge >= 0.3 is 0 Å². The first kappa shape index (κ1) is 20.6. The van der Waals surface area contributed by atoms with Gasteiger partial charge in [-0.05, 0) is 31.6 Å². The Morgan fingerprint density at radius 3 is 2.41 bits per heavy atom. The van der Waals surface area contributed by atoms with Crippen LogP contribution >= 0.6 is 0 Å². The molecule has 2 aromatic rings. The average Bonchev–Trinajstić information content (AvgIpc) is 2.75. The first-order valence-electron chi connectivity index (χ1n) is 10.5. The van der Waals surface area contributed by atoms with Crippen molar-refractivity contribution >= 4 is 11.8 Å². The number of halogens is 3. The van der Waals surface area contributed by atoms with E-state index in [4.69, 9.17) is 0 Å². The van der Waals surface area contributed by atoms with Gasteiger partial charge in [0.15, 0.2) is 11.4 Å². The zero-order chi connectivity index (χ0) is 22.7. The van der Waals surface area contributed by atoms with Crippen LogP contribution in [0.5, 0.6) is 5.75 Å². The van der Waals surface area contributed by atoms with Crippen molar-refractivity contribution in [3.05, 3.63) is 62.8 Å². The number of fused-ring (bicyclic) bond motifs is 3. The van der Waals surface area contributed by atoms with Crippen LogP contribution in [0.4, 0.5) is 13.2 Å². The molecule has 4 aliphatic rings. The van der Waals surface area contributed by atoms with E-state index in [1.165, 1.54) is 10.8 Å². The van der Waals surface area contributed by atoms with E-state index in [0.717, 1.165) is 25.7 Å². The summed E-state index contributed by atoms with van der Waals surface area (Å²) >= 11 is 0. The number of pyridine rings is 1. The largest absolute Gasteiger partial charge is 0.503 e. The number of rotatable bonds is 3. The molecule has 0 spiro atoms. The number of amides is 2. The normalized spacial score (nSPS) is 23.7. The van der Waals surface area contributed by atoms with Crippen molar-refractivity contribution in [3.8, 4) is 5.75 Å². The van der Waals surface area contributed by atoms with Gasteiger partial charge in [-0.2, -0.15) is 0 Å². The molecule has 7 nitrogen and oxygen atoms in total. The number of benzene rings is 1. The van der Waals surface area contributed by atoms with Crippen LogP contribution in [-0.4, -0.2) is 38.5 Å². The highest BCUT2D eigenvalue weighted by Gasteiger charge is 2.48. The molecule has 1 aromatic heterocycles. The van der Waals surface area contributed by atoms with Crippen LogP contribution in [0.25, 0.3) is 0 Å². The Labute approximate surface area is 180 Å². The number of hydrogen-bond acceptors (Lipinski definition) is 4. The molecule has 1 aromatic carbocycles. The van der Waals surface area contributed by atoms with Crippen molar-refractivity contribution in [2.75, 3.05) is 0 Å². The van der Waals surface area contributed by atoms with Gasteiger partial charge in [0, 0.05) is 43.0 Å². The highest BCUT2D eigenvalue weighted by molar-refractivity contribution is 5.99. The second-order valence-corrected chi connectivity index (χ2v) is 8.60. The quantitative estimate of drug-likeness (QED) is 0.756. The third-order valence-corrected chi connectivity index (χ3v) is 6.89. The maximum Gasteiger partial charge on any atom is 0.275 e. The molecule has 3 aliphatic heterocycles. The number of aromatic hydroxyl groups is 1. The fourth-order valence-electron chi connectivity index (χ4n) is 5.32. The molecule has 2 saturated heterocycles. The number of nitrogens with zero attached hydrogens (tertiary/aromatic N) is 2. The number of carbonyl (C=O) groups is 2. The number of aromatic nitrogens is 1. The van der Waals surface area contributed by atoms with Gasteiger partial charge in [-0.1, -0.05) is 0 Å². The maximum atomic E-state index is 13.8. The van der Waals surface area contributed by atoms with Gasteiger partial charge < -0.3 is 19.9 Å². The fraction of sp³-hybridized carbons (Fsp3) is 0.409. The Bertz CT molecular complexity index is 1180. The third kappa shape index (κ3) is 3.08. The van der Waals surface area contributed by atoms with Crippen molar-refractivity contribution in [1.29, 1.82) is 0 Å². The van der Waals surface area contributed by atoms with Crippen LogP contribution in [0, 0.1) is 23.4 Å². The van der Waals surface area contributed by atoms with Gasteiger partial charge in [-0.25, -0.2) is 13.2 Å².